The summed E-state index contributed by atoms with van der Waals surface area (Å²) in [5, 5.41) is 3.42. The van der Waals surface area contributed by atoms with E-state index in [4.69, 9.17) is 0 Å². The molecular formula is C5H11N2S+. The van der Waals surface area contributed by atoms with E-state index in [1.807, 2.05) is 18.8 Å². The van der Waals surface area contributed by atoms with E-state index < -0.39 is 0 Å². The number of aliphatic imine (C=N–C) groups is 1. The molecule has 1 heterocycles. The summed E-state index contributed by atoms with van der Waals surface area (Å²) in [6, 6.07) is 0. The van der Waals surface area contributed by atoms with Crippen LogP contribution in [0.5, 0.6) is 0 Å². The molecule has 2 nitrogen and oxygen atoms in total. The van der Waals surface area contributed by atoms with Crippen molar-refractivity contribution in [2.75, 3.05) is 19.3 Å². The summed E-state index contributed by atoms with van der Waals surface area (Å²) in [7, 11) is 1.85. The number of nitrogens with two attached hydrogens (primary N) is 1. The summed E-state index contributed by atoms with van der Waals surface area (Å²) in [6.07, 6.45) is 1.32. The molecule has 3 heteroatoms. The normalized spacial score (nSPS) is 26.4. The first-order chi connectivity index (χ1) is 3.93. The smallest absolute Gasteiger partial charge is 0.255 e. The van der Waals surface area contributed by atoms with Crippen molar-refractivity contribution < 1.29 is 5.32 Å². The van der Waals surface area contributed by atoms with Gasteiger partial charge in [-0.15, -0.1) is 0 Å². The van der Waals surface area contributed by atoms with Gasteiger partial charge in [-0.2, -0.15) is 0 Å². The van der Waals surface area contributed by atoms with E-state index in [0.717, 1.165) is 0 Å². The average molecular weight is 131 g/mol. The SMILES string of the molecule is CN=C1[NH2+]CCCS1. The van der Waals surface area contributed by atoms with Crippen LogP contribution in [0.15, 0.2) is 4.99 Å². The quantitative estimate of drug-likeness (QED) is 0.479. The molecule has 1 aliphatic heterocycles. The first kappa shape index (κ1) is 6.11. The number of thioether (sulfide) groups is 1. The molecule has 1 rings (SSSR count). The summed E-state index contributed by atoms with van der Waals surface area (Å²) in [5.41, 5.74) is 0. The predicted octanol–water partition coefficient (Wildman–Crippen LogP) is -0.327. The number of quaternary nitrogens is 1. The van der Waals surface area contributed by atoms with E-state index in [9.17, 15) is 0 Å². The zero-order valence-electron chi connectivity index (χ0n) is 5.05. The third kappa shape index (κ3) is 1.49. The van der Waals surface area contributed by atoms with Crippen LogP contribution in [-0.2, 0) is 0 Å². The Morgan fingerprint density at radius 1 is 1.75 bits per heavy atom. The van der Waals surface area contributed by atoms with Crippen LogP contribution in [0.25, 0.3) is 0 Å². The van der Waals surface area contributed by atoms with Gasteiger partial charge in [0.05, 0.1) is 6.54 Å². The molecule has 0 radical (unpaired) electrons. The van der Waals surface area contributed by atoms with Gasteiger partial charge >= 0.3 is 0 Å². The molecule has 1 aliphatic rings. The molecule has 1 saturated heterocycles. The Labute approximate surface area is 53.8 Å². The molecule has 46 valence electrons. The Kier molecular flexibility index (Phi) is 2.36. The fourth-order valence-corrected chi connectivity index (χ4v) is 1.59. The third-order valence-electron chi connectivity index (χ3n) is 1.14. The van der Waals surface area contributed by atoms with Gasteiger partial charge in [0.1, 0.15) is 0 Å². The van der Waals surface area contributed by atoms with Gasteiger partial charge in [0.2, 0.25) is 0 Å². The summed E-state index contributed by atoms with van der Waals surface area (Å²) >= 11 is 1.86. The Morgan fingerprint density at radius 2 is 2.62 bits per heavy atom. The number of nitrogens with zero attached hydrogens (tertiary/aromatic N) is 1. The van der Waals surface area contributed by atoms with Crippen LogP contribution in [-0.4, -0.2) is 24.5 Å². The molecule has 0 aromatic heterocycles. The third-order valence-corrected chi connectivity index (χ3v) is 2.28. The van der Waals surface area contributed by atoms with E-state index in [0.29, 0.717) is 0 Å². The summed E-state index contributed by atoms with van der Waals surface area (Å²) in [4.78, 5) is 4.07. The molecule has 0 unspecified atom stereocenters. The highest BCUT2D eigenvalue weighted by atomic mass is 32.2. The van der Waals surface area contributed by atoms with Gasteiger partial charge in [-0.25, -0.2) is 4.99 Å². The summed E-state index contributed by atoms with van der Waals surface area (Å²) < 4.78 is 0. The molecule has 8 heavy (non-hydrogen) atoms. The molecule has 0 bridgehead atoms. The number of amidine groups is 1. The van der Waals surface area contributed by atoms with Crippen molar-refractivity contribution in [1.29, 1.82) is 0 Å². The number of rotatable bonds is 0. The van der Waals surface area contributed by atoms with Crippen LogP contribution in [0.3, 0.4) is 0 Å². The van der Waals surface area contributed by atoms with Crippen molar-refractivity contribution in [3.63, 3.8) is 0 Å². The molecule has 0 aromatic carbocycles. The van der Waals surface area contributed by atoms with E-state index in [1.54, 1.807) is 0 Å². The maximum Gasteiger partial charge on any atom is 0.255 e. The van der Waals surface area contributed by atoms with Gasteiger partial charge in [0, 0.05) is 19.2 Å². The highest BCUT2D eigenvalue weighted by molar-refractivity contribution is 8.13. The molecule has 0 amide bonds. The maximum absolute atomic E-state index is 4.07. The van der Waals surface area contributed by atoms with Gasteiger partial charge in [-0.05, 0) is 11.8 Å². The first-order valence-corrected chi connectivity index (χ1v) is 3.85. The van der Waals surface area contributed by atoms with Crippen LogP contribution in [0.1, 0.15) is 6.42 Å². The molecule has 0 aromatic rings. The summed E-state index contributed by atoms with van der Waals surface area (Å²) in [5.74, 6) is 1.25. The zero-order chi connectivity index (χ0) is 5.82. The minimum atomic E-state index is 1.22. The lowest BCUT2D eigenvalue weighted by Gasteiger charge is -2.07. The van der Waals surface area contributed by atoms with Crippen molar-refractivity contribution in [2.45, 2.75) is 6.42 Å². The van der Waals surface area contributed by atoms with Crippen molar-refractivity contribution in [2.24, 2.45) is 4.99 Å². The predicted molar refractivity (Wildman–Crippen MR) is 37.2 cm³/mol. The second-order valence-electron chi connectivity index (χ2n) is 1.76. The minimum Gasteiger partial charge on any atom is -0.292 e. The van der Waals surface area contributed by atoms with E-state index in [-0.39, 0.29) is 0 Å². The largest absolute Gasteiger partial charge is 0.292 e. The van der Waals surface area contributed by atoms with Crippen molar-refractivity contribution in [3.8, 4) is 0 Å². The second kappa shape index (κ2) is 3.10. The average Bonchev–Trinajstić information content (AvgIpc) is 1.90. The molecule has 0 saturated carbocycles. The van der Waals surface area contributed by atoms with Gasteiger partial charge in [-0.1, -0.05) is 0 Å². The highest BCUT2D eigenvalue weighted by Gasteiger charge is 2.08. The topological polar surface area (TPSA) is 29.0 Å². The van der Waals surface area contributed by atoms with Crippen molar-refractivity contribution in [3.05, 3.63) is 0 Å². The Hall–Kier alpha value is -0.0200. The number of hydrogen-bond donors (Lipinski definition) is 1. The Bertz CT molecular complexity index is 92.6. The standard InChI is InChI=1S/C5H10N2S/c1-6-5-7-3-2-4-8-5/h2-4H2,1H3,(H,6,7)/p+1. The molecule has 0 aliphatic carbocycles. The first-order valence-electron chi connectivity index (χ1n) is 2.86. The van der Waals surface area contributed by atoms with Crippen molar-refractivity contribution >= 4 is 16.9 Å². The van der Waals surface area contributed by atoms with E-state index in [1.165, 1.54) is 23.9 Å². The van der Waals surface area contributed by atoms with Gasteiger partial charge in [-0.3, -0.25) is 5.32 Å². The Balaban J connectivity index is 2.33. The van der Waals surface area contributed by atoms with E-state index in [2.05, 4.69) is 10.3 Å². The van der Waals surface area contributed by atoms with Gasteiger partial charge in [0.25, 0.3) is 5.17 Å². The lowest BCUT2D eigenvalue weighted by atomic mass is 10.5. The van der Waals surface area contributed by atoms with Gasteiger partial charge in [0.15, 0.2) is 0 Å². The fraction of sp³-hybridized carbons (Fsp3) is 0.800. The monoisotopic (exact) mass is 131 g/mol. The fourth-order valence-electron chi connectivity index (χ4n) is 0.700. The summed E-state index contributed by atoms with van der Waals surface area (Å²) in [6.45, 7) is 1.22. The Morgan fingerprint density at radius 3 is 3.00 bits per heavy atom. The van der Waals surface area contributed by atoms with E-state index >= 15 is 0 Å². The van der Waals surface area contributed by atoms with Crippen LogP contribution < -0.4 is 5.32 Å². The second-order valence-corrected chi connectivity index (χ2v) is 2.87. The molecular weight excluding hydrogens is 120 g/mol. The lowest BCUT2D eigenvalue weighted by molar-refractivity contribution is -0.535. The zero-order valence-corrected chi connectivity index (χ0v) is 5.87. The van der Waals surface area contributed by atoms with Crippen molar-refractivity contribution in [1.82, 2.24) is 0 Å². The highest BCUT2D eigenvalue weighted by Crippen LogP contribution is 2.02. The van der Waals surface area contributed by atoms with Crippen LogP contribution >= 0.6 is 11.8 Å². The molecule has 2 N–H and O–H groups in total. The molecule has 0 spiro atoms. The molecule has 1 fully saturated rings. The van der Waals surface area contributed by atoms with Crippen LogP contribution in [0, 0.1) is 0 Å². The maximum atomic E-state index is 4.07. The number of hydrogen-bond acceptors (Lipinski definition) is 2. The minimum absolute atomic E-state index is 1.22. The lowest BCUT2D eigenvalue weighted by Crippen LogP contribution is -2.88. The van der Waals surface area contributed by atoms with Crippen LogP contribution in [0.2, 0.25) is 0 Å². The molecule has 0 atom stereocenters. The van der Waals surface area contributed by atoms with Crippen LogP contribution in [0.4, 0.5) is 0 Å². The van der Waals surface area contributed by atoms with Gasteiger partial charge < -0.3 is 0 Å².